The fraction of sp³-hybridized carbons (Fsp3) is 0.107. The highest BCUT2D eigenvalue weighted by molar-refractivity contribution is 6.18. The Balaban J connectivity index is 1.78. The Hall–Kier alpha value is -4.12. The largest absolute Gasteiger partial charge is 0.497 e. The number of halogens is 1. The molecule has 0 aliphatic carbocycles. The molecule has 5 aromatic rings. The van der Waals surface area contributed by atoms with E-state index in [-0.39, 0.29) is 5.82 Å². The number of benzene rings is 4. The fourth-order valence-electron chi connectivity index (χ4n) is 4.38. The van der Waals surface area contributed by atoms with Crippen molar-refractivity contribution < 1.29 is 13.9 Å². The summed E-state index contributed by atoms with van der Waals surface area (Å²) in [6.07, 6.45) is 0. The van der Waals surface area contributed by atoms with Crippen molar-refractivity contribution in [2.24, 2.45) is 5.73 Å². The Morgan fingerprint density at radius 1 is 1.03 bits per heavy atom. The van der Waals surface area contributed by atoms with Crippen LogP contribution in [0.15, 0.2) is 72.8 Å². The van der Waals surface area contributed by atoms with Gasteiger partial charge >= 0.3 is 0 Å². The van der Waals surface area contributed by atoms with Gasteiger partial charge in [0.05, 0.1) is 24.7 Å². The molecule has 1 radical (unpaired) electrons. The molecule has 0 unspecified atom stereocenters. The molecule has 5 rings (SSSR count). The van der Waals surface area contributed by atoms with E-state index in [1.165, 1.54) is 0 Å². The monoisotopic (exact) mass is 437 g/mol. The van der Waals surface area contributed by atoms with E-state index in [1.54, 1.807) is 38.3 Å². The predicted octanol–water partition coefficient (Wildman–Crippen LogP) is 5.87. The lowest BCUT2D eigenvalue weighted by Gasteiger charge is -2.11. The van der Waals surface area contributed by atoms with Gasteiger partial charge in [0, 0.05) is 21.9 Å². The number of hydrogen-bond donors (Lipinski definition) is 1. The standard InChI is InChI=1S/C28H22FN2O2/c1-17-5-3-6-20(27(17)29)16-31-24-8-4-7-23(28(30)32)26(24)22-14-11-19(15-25(22)31)18-9-12-21(33-2)13-10-18/h3-13,15H,16H2,1-2H3,(H2,30,32). The number of ether oxygens (including phenoxy) is 1. The van der Waals surface area contributed by atoms with Crippen LogP contribution >= 0.6 is 0 Å². The van der Waals surface area contributed by atoms with Gasteiger partial charge in [-0.25, -0.2) is 4.39 Å². The van der Waals surface area contributed by atoms with Crippen LogP contribution in [0, 0.1) is 18.8 Å². The number of primary amides is 1. The Kier molecular flexibility index (Phi) is 5.09. The molecular weight excluding hydrogens is 415 g/mol. The molecule has 1 aromatic heterocycles. The van der Waals surface area contributed by atoms with Gasteiger partial charge in [0.1, 0.15) is 11.6 Å². The van der Waals surface area contributed by atoms with Gasteiger partial charge in [0.25, 0.3) is 0 Å². The zero-order valence-corrected chi connectivity index (χ0v) is 18.4. The first kappa shape index (κ1) is 20.8. The first-order valence-corrected chi connectivity index (χ1v) is 10.6. The van der Waals surface area contributed by atoms with E-state index in [0.717, 1.165) is 38.7 Å². The second-order valence-electron chi connectivity index (χ2n) is 8.08. The van der Waals surface area contributed by atoms with Gasteiger partial charge in [-0.15, -0.1) is 0 Å². The highest BCUT2D eigenvalue weighted by Crippen LogP contribution is 2.35. The molecule has 163 valence electrons. The average Bonchev–Trinajstić information content (AvgIpc) is 3.15. The van der Waals surface area contributed by atoms with Crippen LogP contribution in [0.4, 0.5) is 4.39 Å². The number of fused-ring (bicyclic) bond motifs is 3. The van der Waals surface area contributed by atoms with Crippen LogP contribution in [0.1, 0.15) is 21.5 Å². The predicted molar refractivity (Wildman–Crippen MR) is 129 cm³/mol. The summed E-state index contributed by atoms with van der Waals surface area (Å²) in [6, 6.07) is 25.9. The highest BCUT2D eigenvalue weighted by Gasteiger charge is 2.18. The summed E-state index contributed by atoms with van der Waals surface area (Å²) in [7, 11) is 1.63. The summed E-state index contributed by atoms with van der Waals surface area (Å²) in [6.45, 7) is 2.07. The molecule has 0 aliphatic rings. The van der Waals surface area contributed by atoms with E-state index < -0.39 is 5.91 Å². The molecule has 0 fully saturated rings. The van der Waals surface area contributed by atoms with E-state index in [0.29, 0.717) is 23.2 Å². The molecule has 5 heteroatoms. The van der Waals surface area contributed by atoms with E-state index in [2.05, 4.69) is 6.07 Å². The summed E-state index contributed by atoms with van der Waals surface area (Å²) >= 11 is 0. The Labute approximate surface area is 191 Å². The second kappa shape index (κ2) is 8.10. The maximum absolute atomic E-state index is 14.9. The zero-order valence-electron chi connectivity index (χ0n) is 18.4. The molecule has 0 saturated carbocycles. The van der Waals surface area contributed by atoms with Crippen molar-refractivity contribution in [2.45, 2.75) is 13.5 Å². The van der Waals surface area contributed by atoms with Crippen molar-refractivity contribution in [2.75, 3.05) is 7.11 Å². The normalized spacial score (nSPS) is 11.2. The molecule has 33 heavy (non-hydrogen) atoms. The number of rotatable bonds is 5. The van der Waals surface area contributed by atoms with Crippen LogP contribution in [0.2, 0.25) is 0 Å². The van der Waals surface area contributed by atoms with Crippen LogP contribution in [0.3, 0.4) is 0 Å². The number of nitrogens with two attached hydrogens (primary N) is 1. The molecule has 0 spiro atoms. The molecule has 0 bridgehead atoms. The number of aromatic nitrogens is 1. The number of nitrogens with zero attached hydrogens (tertiary/aromatic N) is 1. The number of amides is 1. The lowest BCUT2D eigenvalue weighted by atomic mass is 10.0. The lowest BCUT2D eigenvalue weighted by Crippen LogP contribution is -2.11. The minimum absolute atomic E-state index is 0.228. The average molecular weight is 437 g/mol. The van der Waals surface area contributed by atoms with Gasteiger partial charge in [-0.1, -0.05) is 36.4 Å². The van der Waals surface area contributed by atoms with Crippen molar-refractivity contribution in [1.82, 2.24) is 4.57 Å². The number of hydrogen-bond acceptors (Lipinski definition) is 2. The summed E-state index contributed by atoms with van der Waals surface area (Å²) in [5.41, 5.74) is 10.9. The molecule has 0 aliphatic heterocycles. The molecule has 4 nitrogen and oxygen atoms in total. The van der Waals surface area contributed by atoms with Crippen molar-refractivity contribution in [3.8, 4) is 16.9 Å². The third-order valence-electron chi connectivity index (χ3n) is 6.08. The number of carbonyl (C=O) groups is 1. The minimum atomic E-state index is -0.506. The zero-order chi connectivity index (χ0) is 23.1. The molecule has 2 N–H and O–H groups in total. The van der Waals surface area contributed by atoms with Gasteiger partial charge in [-0.3, -0.25) is 4.79 Å². The lowest BCUT2D eigenvalue weighted by molar-refractivity contribution is 0.100. The summed E-state index contributed by atoms with van der Waals surface area (Å²) in [5, 5.41) is 1.51. The minimum Gasteiger partial charge on any atom is -0.497 e. The molecule has 0 saturated heterocycles. The second-order valence-corrected chi connectivity index (χ2v) is 8.08. The summed E-state index contributed by atoms with van der Waals surface area (Å²) < 4.78 is 22.2. The van der Waals surface area contributed by atoms with E-state index in [1.807, 2.05) is 53.1 Å². The van der Waals surface area contributed by atoms with Gasteiger partial charge in [-0.05, 0) is 66.1 Å². The van der Waals surface area contributed by atoms with Gasteiger partial charge in [-0.2, -0.15) is 0 Å². The molecule has 1 heterocycles. The Morgan fingerprint density at radius 3 is 2.52 bits per heavy atom. The van der Waals surface area contributed by atoms with Crippen molar-refractivity contribution in [3.05, 3.63) is 101 Å². The summed E-state index contributed by atoms with van der Waals surface area (Å²) in [4.78, 5) is 12.2. The van der Waals surface area contributed by atoms with Crippen LogP contribution < -0.4 is 10.5 Å². The maximum atomic E-state index is 14.9. The highest BCUT2D eigenvalue weighted by atomic mass is 19.1. The fourth-order valence-corrected chi connectivity index (χ4v) is 4.38. The smallest absolute Gasteiger partial charge is 0.249 e. The van der Waals surface area contributed by atoms with E-state index in [9.17, 15) is 9.18 Å². The maximum Gasteiger partial charge on any atom is 0.249 e. The first-order chi connectivity index (χ1) is 16.0. The van der Waals surface area contributed by atoms with E-state index >= 15 is 0 Å². The van der Waals surface area contributed by atoms with Crippen molar-refractivity contribution in [1.29, 1.82) is 0 Å². The number of carbonyl (C=O) groups excluding carboxylic acids is 1. The van der Waals surface area contributed by atoms with Gasteiger partial charge in [0.2, 0.25) is 5.91 Å². The van der Waals surface area contributed by atoms with Gasteiger partial charge in [0.15, 0.2) is 0 Å². The van der Waals surface area contributed by atoms with Crippen molar-refractivity contribution in [3.63, 3.8) is 0 Å². The molecular formula is C28H22FN2O2. The van der Waals surface area contributed by atoms with Crippen LogP contribution in [-0.2, 0) is 6.54 Å². The Morgan fingerprint density at radius 2 is 1.79 bits per heavy atom. The quantitative estimate of drug-likeness (QED) is 0.374. The third kappa shape index (κ3) is 3.52. The number of methoxy groups -OCH3 is 1. The topological polar surface area (TPSA) is 57.2 Å². The number of aryl methyl sites for hydroxylation is 1. The van der Waals surface area contributed by atoms with Crippen LogP contribution in [0.25, 0.3) is 32.9 Å². The van der Waals surface area contributed by atoms with Gasteiger partial charge < -0.3 is 15.0 Å². The molecule has 4 aromatic carbocycles. The molecule has 1 amide bonds. The third-order valence-corrected chi connectivity index (χ3v) is 6.08. The Bertz CT molecular complexity index is 1520. The van der Waals surface area contributed by atoms with Crippen molar-refractivity contribution >= 4 is 27.7 Å². The van der Waals surface area contributed by atoms with E-state index in [4.69, 9.17) is 10.5 Å². The first-order valence-electron chi connectivity index (χ1n) is 10.6. The molecule has 0 atom stereocenters. The SMILES string of the molecule is COc1ccc(-c2c[c]c3c4c(C(N)=O)cccc4n(Cc4cccc(C)c4F)c3c2)cc1. The van der Waals surface area contributed by atoms with Crippen LogP contribution in [0.5, 0.6) is 5.75 Å². The summed E-state index contributed by atoms with van der Waals surface area (Å²) in [5.74, 6) is 0.0433. The van der Waals surface area contributed by atoms with Crippen LogP contribution in [-0.4, -0.2) is 17.6 Å².